The molecular formula is C10H7ClN4. The molecule has 0 saturated heterocycles. The number of hydrogen-bond acceptors (Lipinski definition) is 4. The molecule has 1 aliphatic heterocycles. The summed E-state index contributed by atoms with van der Waals surface area (Å²) < 4.78 is 0. The van der Waals surface area contributed by atoms with Gasteiger partial charge in [-0.15, -0.1) is 0 Å². The molecule has 74 valence electrons. The van der Waals surface area contributed by atoms with Crippen molar-refractivity contribution in [3.63, 3.8) is 0 Å². The van der Waals surface area contributed by atoms with Gasteiger partial charge < -0.3 is 5.32 Å². The predicted molar refractivity (Wildman–Crippen MR) is 56.5 cm³/mol. The maximum absolute atomic E-state index is 9.05. The highest BCUT2D eigenvalue weighted by molar-refractivity contribution is 6.28. The monoisotopic (exact) mass is 218 g/mol. The van der Waals surface area contributed by atoms with Crippen molar-refractivity contribution in [2.24, 2.45) is 0 Å². The first kappa shape index (κ1) is 9.69. The van der Waals surface area contributed by atoms with Crippen LogP contribution in [0.25, 0.3) is 5.57 Å². The van der Waals surface area contributed by atoms with E-state index in [1.54, 1.807) is 12.3 Å². The summed E-state index contributed by atoms with van der Waals surface area (Å²) >= 11 is 5.66. The van der Waals surface area contributed by atoms with Gasteiger partial charge >= 0.3 is 0 Å². The van der Waals surface area contributed by atoms with E-state index in [0.717, 1.165) is 5.70 Å². The van der Waals surface area contributed by atoms with Gasteiger partial charge in [0.1, 0.15) is 6.07 Å². The molecule has 0 aliphatic carbocycles. The Kier molecular flexibility index (Phi) is 2.66. The van der Waals surface area contributed by atoms with Crippen LogP contribution in [0.5, 0.6) is 0 Å². The number of hydrogen-bond donors (Lipinski definition) is 1. The molecule has 0 fully saturated rings. The van der Waals surface area contributed by atoms with Crippen LogP contribution in [0.2, 0.25) is 5.28 Å². The van der Waals surface area contributed by atoms with E-state index in [1.165, 1.54) is 6.20 Å². The van der Waals surface area contributed by atoms with Crippen LogP contribution in [0, 0.1) is 11.3 Å². The molecule has 1 aromatic rings. The zero-order valence-electron chi connectivity index (χ0n) is 7.74. The molecule has 15 heavy (non-hydrogen) atoms. The highest BCUT2D eigenvalue weighted by atomic mass is 35.5. The van der Waals surface area contributed by atoms with Crippen molar-refractivity contribution in [2.75, 3.05) is 0 Å². The summed E-state index contributed by atoms with van der Waals surface area (Å²) in [5.41, 5.74) is 1.89. The van der Waals surface area contributed by atoms with Crippen LogP contribution >= 0.6 is 11.6 Å². The van der Waals surface area contributed by atoms with E-state index in [1.807, 2.05) is 6.08 Å². The molecule has 0 bridgehead atoms. The van der Waals surface area contributed by atoms with Crippen LogP contribution in [-0.2, 0) is 0 Å². The molecule has 0 radical (unpaired) electrons. The Balaban J connectivity index is 2.45. The maximum Gasteiger partial charge on any atom is 0.222 e. The lowest BCUT2D eigenvalue weighted by atomic mass is 10.1. The minimum atomic E-state index is 0.145. The number of nitriles is 1. The molecule has 1 N–H and O–H groups in total. The van der Waals surface area contributed by atoms with Gasteiger partial charge in [-0.1, -0.05) is 6.08 Å². The van der Waals surface area contributed by atoms with E-state index in [0.29, 0.717) is 17.7 Å². The summed E-state index contributed by atoms with van der Waals surface area (Å²) in [7, 11) is 0. The molecule has 1 aromatic heterocycles. The zero-order valence-corrected chi connectivity index (χ0v) is 8.49. The number of allylic oxidation sites excluding steroid dienone is 2. The van der Waals surface area contributed by atoms with E-state index < -0.39 is 0 Å². The quantitative estimate of drug-likeness (QED) is 0.578. The highest BCUT2D eigenvalue weighted by Gasteiger charge is 2.11. The second-order valence-electron chi connectivity index (χ2n) is 2.93. The van der Waals surface area contributed by atoms with Crippen molar-refractivity contribution < 1.29 is 0 Å². The van der Waals surface area contributed by atoms with Crippen LogP contribution in [-0.4, -0.2) is 9.97 Å². The lowest BCUT2D eigenvalue weighted by Gasteiger charge is -2.03. The van der Waals surface area contributed by atoms with Crippen molar-refractivity contribution in [2.45, 2.75) is 6.42 Å². The summed E-state index contributed by atoms with van der Waals surface area (Å²) in [4.78, 5) is 7.76. The number of halogens is 1. The van der Waals surface area contributed by atoms with Crippen molar-refractivity contribution in [1.82, 2.24) is 15.3 Å². The van der Waals surface area contributed by atoms with Gasteiger partial charge in [-0.25, -0.2) is 9.97 Å². The molecular weight excluding hydrogens is 212 g/mol. The molecule has 0 saturated carbocycles. The molecule has 0 aromatic carbocycles. The fourth-order valence-corrected chi connectivity index (χ4v) is 1.47. The first-order valence-corrected chi connectivity index (χ1v) is 4.73. The van der Waals surface area contributed by atoms with Crippen molar-refractivity contribution in [3.05, 3.63) is 41.2 Å². The number of nitrogens with one attached hydrogen (secondary N) is 1. The average Bonchev–Trinajstić information content (AvgIpc) is 2.72. The topological polar surface area (TPSA) is 61.6 Å². The second-order valence-corrected chi connectivity index (χ2v) is 3.27. The molecule has 0 amide bonds. The maximum atomic E-state index is 9.05. The van der Waals surface area contributed by atoms with Gasteiger partial charge in [0.2, 0.25) is 5.28 Å². The van der Waals surface area contributed by atoms with Crippen molar-refractivity contribution in [3.8, 4) is 6.07 Å². The molecule has 1 aliphatic rings. The fraction of sp³-hybridized carbons (Fsp3) is 0.100. The predicted octanol–water partition coefficient (Wildman–Crippen LogP) is 1.87. The summed E-state index contributed by atoms with van der Waals surface area (Å²) in [6.07, 6.45) is 5.99. The average molecular weight is 219 g/mol. The Labute approximate surface area is 91.9 Å². The SMILES string of the molecule is N#C/C(=C1/CC=CN1)c1ccnc(Cl)n1. The summed E-state index contributed by atoms with van der Waals surface area (Å²) in [5, 5.41) is 12.2. The number of aromatic nitrogens is 2. The Morgan fingerprint density at radius 3 is 3.07 bits per heavy atom. The molecule has 5 heteroatoms. The highest BCUT2D eigenvalue weighted by Crippen LogP contribution is 2.20. The Hall–Kier alpha value is -1.86. The largest absolute Gasteiger partial charge is 0.364 e. The Morgan fingerprint density at radius 1 is 1.60 bits per heavy atom. The van der Waals surface area contributed by atoms with Gasteiger partial charge in [-0.2, -0.15) is 5.26 Å². The normalized spacial score (nSPS) is 17.1. The number of rotatable bonds is 1. The first-order valence-electron chi connectivity index (χ1n) is 4.35. The Bertz CT molecular complexity index is 474. The molecule has 4 nitrogen and oxygen atoms in total. The fourth-order valence-electron chi connectivity index (χ4n) is 1.32. The van der Waals surface area contributed by atoms with Gasteiger partial charge in [0, 0.05) is 18.3 Å². The lowest BCUT2D eigenvalue weighted by Crippen LogP contribution is -2.03. The third-order valence-electron chi connectivity index (χ3n) is 1.99. The lowest BCUT2D eigenvalue weighted by molar-refractivity contribution is 1.06. The molecule has 0 atom stereocenters. The molecule has 2 rings (SSSR count). The van der Waals surface area contributed by atoms with Crippen molar-refractivity contribution in [1.29, 1.82) is 5.26 Å². The first-order chi connectivity index (χ1) is 7.31. The van der Waals surface area contributed by atoms with Crippen LogP contribution in [0.1, 0.15) is 12.1 Å². The van der Waals surface area contributed by atoms with Gasteiger partial charge in [-0.05, 0) is 23.9 Å². The van der Waals surface area contributed by atoms with E-state index in [-0.39, 0.29) is 5.28 Å². The van der Waals surface area contributed by atoms with Gasteiger partial charge in [0.15, 0.2) is 0 Å². The number of nitrogens with zero attached hydrogens (tertiary/aromatic N) is 3. The second kappa shape index (κ2) is 4.11. The van der Waals surface area contributed by atoms with Crippen LogP contribution in [0.4, 0.5) is 0 Å². The van der Waals surface area contributed by atoms with E-state index in [4.69, 9.17) is 16.9 Å². The summed E-state index contributed by atoms with van der Waals surface area (Å²) in [6.45, 7) is 0. The third-order valence-corrected chi connectivity index (χ3v) is 2.18. The van der Waals surface area contributed by atoms with E-state index >= 15 is 0 Å². The smallest absolute Gasteiger partial charge is 0.222 e. The van der Waals surface area contributed by atoms with E-state index in [2.05, 4.69) is 21.4 Å². The summed E-state index contributed by atoms with van der Waals surface area (Å²) in [6, 6.07) is 3.78. The molecule has 0 spiro atoms. The van der Waals surface area contributed by atoms with Crippen LogP contribution in [0.15, 0.2) is 30.2 Å². The van der Waals surface area contributed by atoms with Crippen LogP contribution in [0.3, 0.4) is 0 Å². The minimum Gasteiger partial charge on any atom is -0.364 e. The van der Waals surface area contributed by atoms with Crippen LogP contribution < -0.4 is 5.32 Å². The molecule has 2 heterocycles. The Morgan fingerprint density at radius 2 is 2.47 bits per heavy atom. The zero-order chi connectivity index (χ0) is 10.7. The van der Waals surface area contributed by atoms with Gasteiger partial charge in [0.25, 0.3) is 0 Å². The standard InChI is InChI=1S/C10H7ClN4/c11-10-14-5-3-9(15-10)7(6-12)8-2-1-4-13-8/h1,3-5,13H,2H2/b8-7+. The van der Waals surface area contributed by atoms with E-state index in [9.17, 15) is 0 Å². The van der Waals surface area contributed by atoms with Gasteiger partial charge in [0.05, 0.1) is 11.3 Å². The minimum absolute atomic E-state index is 0.145. The third kappa shape index (κ3) is 1.97. The molecule has 0 unspecified atom stereocenters. The van der Waals surface area contributed by atoms with Crippen molar-refractivity contribution >= 4 is 17.2 Å². The van der Waals surface area contributed by atoms with Gasteiger partial charge in [-0.3, -0.25) is 0 Å². The summed E-state index contributed by atoms with van der Waals surface area (Å²) in [5.74, 6) is 0.